The molecule has 0 radical (unpaired) electrons. The third-order valence-electron chi connectivity index (χ3n) is 14.3. The van der Waals surface area contributed by atoms with Gasteiger partial charge in [0.2, 0.25) is 0 Å². The lowest BCUT2D eigenvalue weighted by atomic mass is 9.95. The number of hydrogen-bond acceptors (Lipinski definition) is 17. The van der Waals surface area contributed by atoms with Crippen molar-refractivity contribution in [3.63, 3.8) is 0 Å². The molecule has 0 saturated heterocycles. The highest BCUT2D eigenvalue weighted by Crippen LogP contribution is 2.50. The van der Waals surface area contributed by atoms with Crippen molar-refractivity contribution in [1.29, 1.82) is 0 Å². The van der Waals surface area contributed by atoms with E-state index in [0.29, 0.717) is 55.7 Å². The van der Waals surface area contributed by atoms with Crippen molar-refractivity contribution in [3.8, 4) is 22.6 Å². The second-order valence-corrected chi connectivity index (χ2v) is 26.0. The molecule has 9 aromatic rings. The van der Waals surface area contributed by atoms with Crippen LogP contribution in [0.5, 0.6) is 0 Å². The first-order valence-electron chi connectivity index (χ1n) is 25.1. The molecule has 0 aliphatic carbocycles. The van der Waals surface area contributed by atoms with Crippen molar-refractivity contribution in [2.24, 2.45) is 0 Å². The lowest BCUT2D eigenvalue weighted by molar-refractivity contribution is -0.383. The van der Waals surface area contributed by atoms with Crippen LogP contribution in [-0.2, 0) is 38.4 Å². The maximum Gasteiger partial charge on any atom is 0.487 e. The van der Waals surface area contributed by atoms with Gasteiger partial charge in [-0.1, -0.05) is 21.1 Å². The number of furan rings is 3. The van der Waals surface area contributed by atoms with Gasteiger partial charge in [-0.25, -0.2) is 26.0 Å². The standard InChI is InChI=1S/C52H42Cl2N6O21P2S2/c1-3-57(80-82(67,68)69)84(73,74)33-7-9-35-37(19-33)39(59(63)64)21-41-49(35)31(23-53)25-55(41)51(61)47-17-29-15-27(5-11-45(29)78-47)43-13-14-44(77-43)28-6-12-46-30(16-28)18-48(79-46)52(62)56-26-32(24-54)50-36-10-8-34(20-38(36)40(60(65)66)22-42(50)56)85(75,76)58(4-2)81-83(70,71)72/h5-22,31-32H,3-4,23-26H2,1-2H3,(H2,67,68,69)(H2,70,71,72). The molecule has 2 unspecified atom stereocenters. The Bertz CT molecular complexity index is 4390. The van der Waals surface area contributed by atoms with Crippen LogP contribution in [0.2, 0.25) is 0 Å². The van der Waals surface area contributed by atoms with E-state index in [1.807, 2.05) is 0 Å². The summed E-state index contributed by atoms with van der Waals surface area (Å²) in [5.41, 5.74) is 1.74. The van der Waals surface area contributed by atoms with Crippen LogP contribution in [0.25, 0.3) is 66.1 Å². The highest BCUT2D eigenvalue weighted by Gasteiger charge is 2.41. The fourth-order valence-corrected chi connectivity index (χ4v) is 15.3. The van der Waals surface area contributed by atoms with Crippen molar-refractivity contribution >= 4 is 137 Å². The molecule has 33 heteroatoms. The minimum absolute atomic E-state index is 0.0355. The average molecular weight is 1280 g/mol. The Labute approximate surface area is 488 Å². The number of phosphoric acid groups is 2. The SMILES string of the molecule is CCN(OP(=O)(O)O)S(=O)(=O)c1ccc2c3c(cc([N+](=O)[O-])c2c1)N(C(=O)c1cc2cc(-c4ccc(-c5ccc6oc(C(=O)N7CC(CCl)c8c7cc([N+](=O)[O-])c7cc(S(=O)(=O)N(CC)OP(=O)(O)O)ccc87)cc6c5)o4)ccc2o1)CC3CCl. The first kappa shape index (κ1) is 59.3. The predicted octanol–water partition coefficient (Wildman–Crippen LogP) is 10.3. The molecule has 2 amide bonds. The monoisotopic (exact) mass is 1280 g/mol. The van der Waals surface area contributed by atoms with Gasteiger partial charge in [-0.3, -0.25) is 29.8 Å². The van der Waals surface area contributed by atoms with E-state index in [-0.39, 0.29) is 78.2 Å². The normalized spacial score (nSPS) is 15.7. The summed E-state index contributed by atoms with van der Waals surface area (Å²) in [6.45, 7) is 1.41. The van der Waals surface area contributed by atoms with Gasteiger partial charge in [0.15, 0.2) is 11.5 Å². The van der Waals surface area contributed by atoms with E-state index >= 15 is 0 Å². The van der Waals surface area contributed by atoms with Gasteiger partial charge >= 0.3 is 15.6 Å². The van der Waals surface area contributed by atoms with Gasteiger partial charge in [0, 0.05) is 83.8 Å². The number of anilines is 2. The zero-order valence-corrected chi connectivity index (χ0v) is 48.6. The molecule has 0 saturated carbocycles. The van der Waals surface area contributed by atoms with Crippen molar-refractivity contribution in [1.82, 2.24) is 8.94 Å². The van der Waals surface area contributed by atoms with E-state index in [2.05, 4.69) is 9.25 Å². The number of nitro groups is 2. The number of halogens is 2. The van der Waals surface area contributed by atoms with Crippen LogP contribution in [-0.4, -0.2) is 105 Å². The first-order chi connectivity index (χ1) is 40.1. The predicted molar refractivity (Wildman–Crippen MR) is 306 cm³/mol. The molecule has 0 bridgehead atoms. The van der Waals surface area contributed by atoms with E-state index in [9.17, 15) is 75.4 Å². The lowest BCUT2D eigenvalue weighted by Crippen LogP contribution is -2.30. The molecule has 6 aromatic carbocycles. The van der Waals surface area contributed by atoms with Gasteiger partial charge in [0.1, 0.15) is 22.7 Å². The third-order valence-corrected chi connectivity index (χ3v) is 19.6. The van der Waals surface area contributed by atoms with E-state index in [4.69, 9.17) is 36.5 Å². The Morgan fingerprint density at radius 3 is 1.32 bits per heavy atom. The number of alkyl halides is 2. The largest absolute Gasteiger partial charge is 0.487 e. The number of hydroxylamine groups is 2. The van der Waals surface area contributed by atoms with Gasteiger partial charge in [-0.15, -0.1) is 23.2 Å². The molecule has 11 rings (SSSR count). The van der Waals surface area contributed by atoms with Gasteiger partial charge in [0.25, 0.3) is 43.2 Å². The Balaban J connectivity index is 0.844. The third kappa shape index (κ3) is 10.7. The number of benzene rings is 6. The molecule has 85 heavy (non-hydrogen) atoms. The van der Waals surface area contributed by atoms with Gasteiger partial charge in [0.05, 0.1) is 41.8 Å². The number of carbonyl (C=O) groups is 2. The van der Waals surface area contributed by atoms with Crippen LogP contribution in [0, 0.1) is 20.2 Å². The number of hydrogen-bond donors (Lipinski definition) is 4. The molecule has 4 N–H and O–H groups in total. The fraction of sp³-hybridized carbons (Fsp3) is 0.192. The molecular formula is C52H42Cl2N6O21P2S2. The Morgan fingerprint density at radius 2 is 0.976 bits per heavy atom. The van der Waals surface area contributed by atoms with Crippen LogP contribution in [0.15, 0.2) is 132 Å². The summed E-state index contributed by atoms with van der Waals surface area (Å²) >= 11 is 12.9. The van der Waals surface area contributed by atoms with E-state index in [1.54, 1.807) is 48.5 Å². The van der Waals surface area contributed by atoms with Crippen LogP contribution in [0.3, 0.4) is 0 Å². The number of carbonyl (C=O) groups excluding carboxylic acids is 2. The summed E-state index contributed by atoms with van der Waals surface area (Å²) in [7, 11) is -20.2. The first-order valence-corrected chi connectivity index (χ1v) is 32.1. The zero-order valence-electron chi connectivity index (χ0n) is 43.7. The molecular weight excluding hydrogens is 1240 g/mol. The van der Waals surface area contributed by atoms with Crippen molar-refractivity contribution < 1.29 is 87.5 Å². The number of non-ortho nitro benzene ring substituents is 2. The highest BCUT2D eigenvalue weighted by atomic mass is 35.5. The van der Waals surface area contributed by atoms with Crippen LogP contribution < -0.4 is 9.80 Å². The number of nitrogens with zero attached hydrogens (tertiary/aromatic N) is 6. The summed E-state index contributed by atoms with van der Waals surface area (Å²) in [6, 6.07) is 25.6. The van der Waals surface area contributed by atoms with Crippen LogP contribution >= 0.6 is 38.8 Å². The summed E-state index contributed by atoms with van der Waals surface area (Å²) in [6.07, 6.45) is 0. The smallest absolute Gasteiger partial charge is 0.456 e. The number of rotatable bonds is 18. The second-order valence-electron chi connectivity index (χ2n) is 19.4. The molecule has 27 nitrogen and oxygen atoms in total. The maximum atomic E-state index is 14.4. The summed E-state index contributed by atoms with van der Waals surface area (Å²) in [5.74, 6) is -2.03. The van der Waals surface area contributed by atoms with Crippen LogP contribution in [0.4, 0.5) is 22.7 Å². The fourth-order valence-electron chi connectivity index (χ4n) is 10.7. The minimum atomic E-state index is -5.33. The number of sulfonamides is 2. The topological polar surface area (TPSA) is 375 Å². The Hall–Kier alpha value is -7.44. The minimum Gasteiger partial charge on any atom is -0.456 e. The van der Waals surface area contributed by atoms with E-state index in [0.717, 1.165) is 36.4 Å². The van der Waals surface area contributed by atoms with Crippen molar-refractivity contribution in [3.05, 3.63) is 152 Å². The molecule has 3 aromatic heterocycles. The average Bonchev–Trinajstić information content (AvgIpc) is 1.78. The Morgan fingerprint density at radius 1 is 0.588 bits per heavy atom. The van der Waals surface area contributed by atoms with Gasteiger partial charge in [-0.05, 0) is 121 Å². The van der Waals surface area contributed by atoms with Crippen LogP contribution in [0.1, 0.15) is 57.9 Å². The van der Waals surface area contributed by atoms with Crippen molar-refractivity contribution in [2.75, 3.05) is 47.7 Å². The number of nitro benzene ring substituents is 2. The number of fused-ring (bicyclic) bond motifs is 8. The Kier molecular flexibility index (Phi) is 15.2. The highest BCUT2D eigenvalue weighted by molar-refractivity contribution is 7.89. The maximum absolute atomic E-state index is 14.4. The summed E-state index contributed by atoms with van der Waals surface area (Å²) in [5, 5.41) is 26.3. The van der Waals surface area contributed by atoms with Gasteiger partial charge in [-0.2, -0.15) is 9.25 Å². The quantitative estimate of drug-likeness (QED) is 0.0268. The lowest BCUT2D eigenvalue weighted by Gasteiger charge is -2.20. The summed E-state index contributed by atoms with van der Waals surface area (Å²) < 4.78 is 104. The molecule has 0 spiro atoms. The van der Waals surface area contributed by atoms with Crippen molar-refractivity contribution in [2.45, 2.75) is 35.5 Å². The molecule has 2 aliphatic rings. The molecule has 0 fully saturated rings. The molecule has 2 aliphatic heterocycles. The zero-order chi connectivity index (χ0) is 61.0. The summed E-state index contributed by atoms with van der Waals surface area (Å²) in [4.78, 5) is 91.1. The number of amides is 2. The second kappa shape index (κ2) is 21.8. The van der Waals surface area contributed by atoms with E-state index in [1.165, 1.54) is 47.9 Å². The molecule has 442 valence electrons. The van der Waals surface area contributed by atoms with Gasteiger partial charge < -0.3 is 42.6 Å². The van der Waals surface area contributed by atoms with E-state index < -0.39 is 103 Å². The molecule has 5 heterocycles. The molecule has 2 atom stereocenters.